The van der Waals surface area contributed by atoms with E-state index in [1.54, 1.807) is 6.20 Å². The Hall–Kier alpha value is -2.24. The summed E-state index contributed by atoms with van der Waals surface area (Å²) in [6.07, 6.45) is 3.39. The van der Waals surface area contributed by atoms with Crippen molar-refractivity contribution in [3.05, 3.63) is 46.0 Å². The third kappa shape index (κ3) is 6.37. The fourth-order valence-corrected chi connectivity index (χ4v) is 3.56. The van der Waals surface area contributed by atoms with Crippen LogP contribution < -0.4 is 10.6 Å². The summed E-state index contributed by atoms with van der Waals surface area (Å²) in [5.74, 6) is 6.99. The van der Waals surface area contributed by atoms with Gasteiger partial charge in [-0.05, 0) is 29.9 Å². The first kappa shape index (κ1) is 23.4. The predicted octanol–water partition coefficient (Wildman–Crippen LogP) is 3.11. The van der Waals surface area contributed by atoms with Crippen LogP contribution in [0.25, 0.3) is 0 Å². The Bertz CT molecular complexity index is 955. The Morgan fingerprint density at radius 3 is 2.77 bits per heavy atom. The van der Waals surface area contributed by atoms with Crippen molar-refractivity contribution in [2.24, 2.45) is 0 Å². The van der Waals surface area contributed by atoms with E-state index in [1.807, 2.05) is 6.07 Å². The molecule has 2 atom stereocenters. The Morgan fingerprint density at radius 2 is 2.06 bits per heavy atom. The standard InChI is InChI=1S/C23H30ClN5O2/c1-14(2)22-16(7-9-25-20(22)12-26-15(3)4)5-6-18-17(24)11-27-23(28-18)29-19-8-10-31-13-21(19)30/h7,9,11,14-15,19,21,26,30H,8,10,12-13H2,1-4H3,(H,27,28,29)/t19-,21-/m1/s1. The molecule has 0 bridgehead atoms. The lowest BCUT2D eigenvalue weighted by Crippen LogP contribution is -2.42. The summed E-state index contributed by atoms with van der Waals surface area (Å²) in [4.78, 5) is 13.3. The molecular weight excluding hydrogens is 414 g/mol. The largest absolute Gasteiger partial charge is 0.389 e. The van der Waals surface area contributed by atoms with Crippen molar-refractivity contribution < 1.29 is 9.84 Å². The zero-order chi connectivity index (χ0) is 22.4. The molecule has 0 spiro atoms. The van der Waals surface area contributed by atoms with Crippen LogP contribution in [0.15, 0.2) is 18.5 Å². The molecule has 166 valence electrons. The zero-order valence-corrected chi connectivity index (χ0v) is 19.2. The molecule has 3 rings (SSSR count). The minimum Gasteiger partial charge on any atom is -0.389 e. The third-order valence-corrected chi connectivity index (χ3v) is 5.30. The lowest BCUT2D eigenvalue weighted by Gasteiger charge is -2.28. The number of hydrogen-bond donors (Lipinski definition) is 3. The lowest BCUT2D eigenvalue weighted by molar-refractivity contribution is -0.0136. The van der Waals surface area contributed by atoms with E-state index in [4.69, 9.17) is 16.3 Å². The molecule has 1 aliphatic rings. The van der Waals surface area contributed by atoms with Crippen molar-refractivity contribution in [3.8, 4) is 11.8 Å². The van der Waals surface area contributed by atoms with Gasteiger partial charge in [0.15, 0.2) is 0 Å². The van der Waals surface area contributed by atoms with Gasteiger partial charge in [-0.25, -0.2) is 9.97 Å². The average Bonchev–Trinajstić information content (AvgIpc) is 2.74. The van der Waals surface area contributed by atoms with Crippen molar-refractivity contribution >= 4 is 17.5 Å². The highest BCUT2D eigenvalue weighted by molar-refractivity contribution is 6.31. The molecule has 0 aromatic carbocycles. The topological polar surface area (TPSA) is 92.2 Å². The van der Waals surface area contributed by atoms with Crippen LogP contribution in [0, 0.1) is 11.8 Å². The molecule has 7 nitrogen and oxygen atoms in total. The van der Waals surface area contributed by atoms with Gasteiger partial charge in [-0.3, -0.25) is 4.98 Å². The third-order valence-electron chi connectivity index (χ3n) is 5.03. The molecule has 0 saturated carbocycles. The van der Waals surface area contributed by atoms with Gasteiger partial charge in [-0.2, -0.15) is 0 Å². The van der Waals surface area contributed by atoms with Gasteiger partial charge in [0.2, 0.25) is 5.95 Å². The van der Waals surface area contributed by atoms with Crippen LogP contribution in [0.5, 0.6) is 0 Å². The van der Waals surface area contributed by atoms with Crippen LogP contribution in [0.4, 0.5) is 5.95 Å². The van der Waals surface area contributed by atoms with E-state index < -0.39 is 6.10 Å². The van der Waals surface area contributed by atoms with Crippen molar-refractivity contribution in [2.75, 3.05) is 18.5 Å². The second-order valence-corrected chi connectivity index (χ2v) is 8.64. The smallest absolute Gasteiger partial charge is 0.224 e. The summed E-state index contributed by atoms with van der Waals surface area (Å²) in [6.45, 7) is 10.1. The Labute approximate surface area is 189 Å². The van der Waals surface area contributed by atoms with Crippen LogP contribution in [0.2, 0.25) is 5.02 Å². The highest BCUT2D eigenvalue weighted by atomic mass is 35.5. The minimum absolute atomic E-state index is 0.167. The maximum absolute atomic E-state index is 10.1. The number of hydrogen-bond acceptors (Lipinski definition) is 7. The number of aromatic nitrogens is 3. The summed E-state index contributed by atoms with van der Waals surface area (Å²) >= 11 is 6.31. The van der Waals surface area contributed by atoms with Gasteiger partial charge in [-0.1, -0.05) is 45.2 Å². The number of nitrogens with zero attached hydrogens (tertiary/aromatic N) is 3. The van der Waals surface area contributed by atoms with Crippen molar-refractivity contribution in [2.45, 2.75) is 64.8 Å². The Kier molecular flexibility index (Phi) is 8.22. The van der Waals surface area contributed by atoms with E-state index in [9.17, 15) is 5.11 Å². The molecule has 0 unspecified atom stereocenters. The van der Waals surface area contributed by atoms with Crippen molar-refractivity contribution in [1.82, 2.24) is 20.3 Å². The first-order valence-corrected chi connectivity index (χ1v) is 11.0. The molecule has 0 radical (unpaired) electrons. The maximum Gasteiger partial charge on any atom is 0.224 e. The number of rotatable bonds is 6. The van der Waals surface area contributed by atoms with Gasteiger partial charge < -0.3 is 20.5 Å². The second-order valence-electron chi connectivity index (χ2n) is 8.23. The van der Waals surface area contributed by atoms with Crippen molar-refractivity contribution in [1.29, 1.82) is 0 Å². The highest BCUT2D eigenvalue weighted by Crippen LogP contribution is 2.23. The van der Waals surface area contributed by atoms with Gasteiger partial charge >= 0.3 is 0 Å². The summed E-state index contributed by atoms with van der Waals surface area (Å²) in [7, 11) is 0. The fraction of sp³-hybridized carbons (Fsp3) is 0.522. The molecular formula is C23H30ClN5O2. The van der Waals surface area contributed by atoms with Crippen LogP contribution in [-0.2, 0) is 11.3 Å². The summed E-state index contributed by atoms with van der Waals surface area (Å²) < 4.78 is 5.27. The number of anilines is 1. The van der Waals surface area contributed by atoms with Gasteiger partial charge in [0.25, 0.3) is 0 Å². The zero-order valence-electron chi connectivity index (χ0n) is 18.4. The number of aliphatic hydroxyl groups excluding tert-OH is 1. The van der Waals surface area contributed by atoms with Crippen LogP contribution in [-0.4, -0.2) is 51.5 Å². The number of halogens is 1. The Morgan fingerprint density at radius 1 is 1.26 bits per heavy atom. The van der Waals surface area contributed by atoms with E-state index in [0.717, 1.165) is 16.8 Å². The first-order chi connectivity index (χ1) is 14.8. The maximum atomic E-state index is 10.1. The average molecular weight is 444 g/mol. The predicted molar refractivity (Wildman–Crippen MR) is 122 cm³/mol. The number of pyridine rings is 1. The second kappa shape index (κ2) is 10.9. The summed E-state index contributed by atoms with van der Waals surface area (Å²) in [5.41, 5.74) is 3.47. The van der Waals surface area contributed by atoms with Gasteiger partial charge in [0, 0.05) is 31.0 Å². The van der Waals surface area contributed by atoms with Crippen LogP contribution >= 0.6 is 11.6 Å². The number of nitrogens with one attached hydrogen (secondary N) is 2. The number of aliphatic hydroxyl groups is 1. The molecule has 0 amide bonds. The number of ether oxygens (including phenoxy) is 1. The minimum atomic E-state index is -0.606. The van der Waals surface area contributed by atoms with Crippen molar-refractivity contribution in [3.63, 3.8) is 0 Å². The summed E-state index contributed by atoms with van der Waals surface area (Å²) in [5, 5.41) is 17.1. The summed E-state index contributed by atoms with van der Waals surface area (Å²) in [6, 6.07) is 2.13. The van der Waals surface area contributed by atoms with Crippen LogP contribution in [0.3, 0.4) is 0 Å². The SMILES string of the molecule is CC(C)NCc1nccc(C#Cc2nc(N[C@@H]3CCOC[C@H]3O)ncc2Cl)c1C(C)C. The molecule has 0 aliphatic carbocycles. The first-order valence-electron chi connectivity index (χ1n) is 10.6. The lowest BCUT2D eigenvalue weighted by atomic mass is 9.95. The van der Waals surface area contributed by atoms with E-state index in [-0.39, 0.29) is 12.0 Å². The van der Waals surface area contributed by atoms with Gasteiger partial charge in [0.05, 0.1) is 35.7 Å². The molecule has 2 aromatic rings. The van der Waals surface area contributed by atoms with Gasteiger partial charge in [-0.15, -0.1) is 0 Å². The van der Waals surface area contributed by atoms with E-state index in [2.05, 4.69) is 65.1 Å². The highest BCUT2D eigenvalue weighted by Gasteiger charge is 2.24. The molecule has 3 N–H and O–H groups in total. The van der Waals surface area contributed by atoms with E-state index >= 15 is 0 Å². The quantitative estimate of drug-likeness (QED) is 0.591. The monoisotopic (exact) mass is 443 g/mol. The van der Waals surface area contributed by atoms with Gasteiger partial charge in [0.1, 0.15) is 5.69 Å². The molecule has 8 heteroatoms. The molecule has 3 heterocycles. The van der Waals surface area contributed by atoms with E-state index in [0.29, 0.717) is 48.9 Å². The Balaban J connectivity index is 1.86. The van der Waals surface area contributed by atoms with E-state index in [1.165, 1.54) is 6.20 Å². The van der Waals surface area contributed by atoms with Crippen LogP contribution in [0.1, 0.15) is 62.5 Å². The molecule has 31 heavy (non-hydrogen) atoms. The molecule has 1 saturated heterocycles. The normalized spacial score (nSPS) is 18.7. The molecule has 1 aliphatic heterocycles. The fourth-order valence-electron chi connectivity index (χ4n) is 3.42. The molecule has 2 aromatic heterocycles. The molecule has 1 fully saturated rings.